The Bertz CT molecular complexity index is 921. The molecule has 26 heavy (non-hydrogen) atoms. The molecule has 0 saturated heterocycles. The predicted octanol–water partition coefficient (Wildman–Crippen LogP) is 2.60. The van der Waals surface area contributed by atoms with Gasteiger partial charge in [0.15, 0.2) is 11.5 Å². The molecule has 132 valence electrons. The van der Waals surface area contributed by atoms with Crippen LogP contribution in [0.3, 0.4) is 0 Å². The summed E-state index contributed by atoms with van der Waals surface area (Å²) in [6.07, 6.45) is 3.86. The van der Waals surface area contributed by atoms with Crippen molar-refractivity contribution < 1.29 is 14.3 Å². The molecule has 0 bridgehead atoms. The molecule has 0 unspecified atom stereocenters. The highest BCUT2D eigenvalue weighted by atomic mass is 16.7. The van der Waals surface area contributed by atoms with Crippen LogP contribution in [-0.4, -0.2) is 22.3 Å². The minimum atomic E-state index is -0.308. The molecule has 1 aliphatic heterocycles. The minimum absolute atomic E-state index is 0.0827. The van der Waals surface area contributed by atoms with E-state index in [4.69, 9.17) is 9.47 Å². The highest BCUT2D eigenvalue weighted by Crippen LogP contribution is 2.32. The molecule has 1 aromatic heterocycles. The third-order valence-electron chi connectivity index (χ3n) is 4.36. The van der Waals surface area contributed by atoms with Gasteiger partial charge in [-0.1, -0.05) is 36.4 Å². The van der Waals surface area contributed by atoms with Crippen LogP contribution >= 0.6 is 0 Å². The van der Waals surface area contributed by atoms with E-state index in [1.165, 1.54) is 0 Å². The fourth-order valence-electron chi connectivity index (χ4n) is 3.05. The highest BCUT2D eigenvalue weighted by molar-refractivity contribution is 5.79. The second-order valence-electron chi connectivity index (χ2n) is 6.17. The van der Waals surface area contributed by atoms with Crippen LogP contribution in [0.15, 0.2) is 60.9 Å². The van der Waals surface area contributed by atoms with E-state index in [2.05, 4.69) is 10.3 Å². The number of benzene rings is 2. The second kappa shape index (κ2) is 6.92. The van der Waals surface area contributed by atoms with Gasteiger partial charge in [0.2, 0.25) is 12.7 Å². The summed E-state index contributed by atoms with van der Waals surface area (Å²) in [4.78, 5) is 17.1. The molecule has 6 nitrogen and oxygen atoms in total. The van der Waals surface area contributed by atoms with Gasteiger partial charge in [0.1, 0.15) is 11.9 Å². The number of hydrogen-bond donors (Lipinski definition) is 1. The zero-order valence-corrected chi connectivity index (χ0v) is 14.4. The lowest BCUT2D eigenvalue weighted by molar-refractivity contribution is -0.121. The van der Waals surface area contributed by atoms with Crippen molar-refractivity contribution in [3.8, 4) is 11.5 Å². The number of aromatic nitrogens is 2. The monoisotopic (exact) mass is 349 g/mol. The predicted molar refractivity (Wildman–Crippen MR) is 95.9 cm³/mol. The summed E-state index contributed by atoms with van der Waals surface area (Å²) < 4.78 is 12.6. The van der Waals surface area contributed by atoms with Gasteiger partial charge in [-0.2, -0.15) is 0 Å². The van der Waals surface area contributed by atoms with E-state index in [9.17, 15) is 4.79 Å². The Labute approximate surface area is 151 Å². The van der Waals surface area contributed by atoms with E-state index in [0.717, 1.165) is 17.0 Å². The Morgan fingerprint density at radius 2 is 2.00 bits per heavy atom. The molecule has 1 amide bonds. The highest BCUT2D eigenvalue weighted by Gasteiger charge is 2.21. The van der Waals surface area contributed by atoms with E-state index >= 15 is 0 Å². The number of carbonyl (C=O) groups is 1. The minimum Gasteiger partial charge on any atom is -0.454 e. The molecule has 0 fully saturated rings. The van der Waals surface area contributed by atoms with E-state index in [0.29, 0.717) is 11.5 Å². The van der Waals surface area contributed by atoms with Crippen LogP contribution in [0.5, 0.6) is 11.5 Å². The lowest BCUT2D eigenvalue weighted by Gasteiger charge is -2.19. The van der Waals surface area contributed by atoms with Gasteiger partial charge in [-0.25, -0.2) is 4.98 Å². The van der Waals surface area contributed by atoms with Crippen molar-refractivity contribution >= 4 is 5.91 Å². The van der Waals surface area contributed by atoms with Gasteiger partial charge in [-0.15, -0.1) is 0 Å². The van der Waals surface area contributed by atoms with Crippen molar-refractivity contribution in [3.05, 3.63) is 77.9 Å². The maximum Gasteiger partial charge on any atom is 0.231 e. The molecule has 4 rings (SSSR count). The van der Waals surface area contributed by atoms with Gasteiger partial charge in [-0.05, 0) is 23.3 Å². The Hall–Kier alpha value is -3.28. The number of hydrogen-bond acceptors (Lipinski definition) is 4. The van der Waals surface area contributed by atoms with Crippen molar-refractivity contribution in [1.82, 2.24) is 14.9 Å². The molecular formula is C20H19N3O3. The fourth-order valence-corrected chi connectivity index (χ4v) is 3.05. The van der Waals surface area contributed by atoms with Crippen molar-refractivity contribution in [1.29, 1.82) is 0 Å². The maximum absolute atomic E-state index is 12.7. The van der Waals surface area contributed by atoms with Crippen LogP contribution in [-0.2, 0) is 18.3 Å². The van der Waals surface area contributed by atoms with Gasteiger partial charge in [0.25, 0.3) is 0 Å². The maximum atomic E-state index is 12.7. The quantitative estimate of drug-likeness (QED) is 0.769. The third kappa shape index (κ3) is 3.26. The molecule has 2 heterocycles. The summed E-state index contributed by atoms with van der Waals surface area (Å²) in [6, 6.07) is 15.1. The molecule has 1 N–H and O–H groups in total. The van der Waals surface area contributed by atoms with Crippen LogP contribution in [0.25, 0.3) is 0 Å². The second-order valence-corrected chi connectivity index (χ2v) is 6.17. The van der Waals surface area contributed by atoms with Gasteiger partial charge in [0, 0.05) is 19.4 Å². The van der Waals surface area contributed by atoms with E-state index in [-0.39, 0.29) is 25.2 Å². The van der Waals surface area contributed by atoms with Crippen molar-refractivity contribution in [2.45, 2.75) is 12.5 Å². The van der Waals surface area contributed by atoms with Crippen molar-refractivity contribution in [3.63, 3.8) is 0 Å². The summed E-state index contributed by atoms with van der Waals surface area (Å²) in [5, 5.41) is 3.10. The van der Waals surface area contributed by atoms with Gasteiger partial charge >= 0.3 is 0 Å². The van der Waals surface area contributed by atoms with Crippen LogP contribution in [0.4, 0.5) is 0 Å². The first-order valence-electron chi connectivity index (χ1n) is 8.41. The molecule has 1 atom stereocenters. The zero-order valence-electron chi connectivity index (χ0n) is 14.4. The molecular weight excluding hydrogens is 330 g/mol. The van der Waals surface area contributed by atoms with E-state index < -0.39 is 0 Å². The van der Waals surface area contributed by atoms with Gasteiger partial charge in [0.05, 0.1) is 6.42 Å². The van der Waals surface area contributed by atoms with E-state index in [1.54, 1.807) is 6.20 Å². The van der Waals surface area contributed by atoms with Gasteiger partial charge in [-0.3, -0.25) is 4.79 Å². The Morgan fingerprint density at radius 1 is 1.19 bits per heavy atom. The topological polar surface area (TPSA) is 65.4 Å². The third-order valence-corrected chi connectivity index (χ3v) is 4.36. The van der Waals surface area contributed by atoms with Crippen LogP contribution in [0.2, 0.25) is 0 Å². The van der Waals surface area contributed by atoms with Crippen LogP contribution in [0, 0.1) is 0 Å². The van der Waals surface area contributed by atoms with Crippen molar-refractivity contribution in [2.24, 2.45) is 7.05 Å². The number of rotatable bonds is 5. The van der Waals surface area contributed by atoms with Crippen molar-refractivity contribution in [2.75, 3.05) is 6.79 Å². The summed E-state index contributed by atoms with van der Waals surface area (Å²) in [6.45, 7) is 0.222. The Morgan fingerprint density at radius 3 is 2.77 bits per heavy atom. The molecule has 1 aliphatic rings. The Kier molecular flexibility index (Phi) is 4.31. The summed E-state index contributed by atoms with van der Waals surface area (Å²) in [5.41, 5.74) is 1.86. The molecule has 0 saturated carbocycles. The first-order valence-corrected chi connectivity index (χ1v) is 8.41. The smallest absolute Gasteiger partial charge is 0.231 e. The Balaban J connectivity index is 1.54. The van der Waals surface area contributed by atoms with E-state index in [1.807, 2.05) is 66.3 Å². The number of carbonyl (C=O) groups excluding carboxylic acids is 1. The standard InChI is InChI=1S/C20H19N3O3/c1-23-10-9-21-20(23)19(15-5-3-2-4-6-15)22-18(24)12-14-7-8-16-17(11-14)26-13-25-16/h2-11,19H,12-13H2,1H3,(H,22,24)/t19-/m0/s1. The van der Waals surface area contributed by atoms with Gasteiger partial charge < -0.3 is 19.4 Å². The average molecular weight is 349 g/mol. The first kappa shape index (κ1) is 16.2. The first-order chi connectivity index (χ1) is 12.7. The number of fused-ring (bicyclic) bond motifs is 1. The molecule has 0 spiro atoms. The molecule has 3 aromatic rings. The number of amides is 1. The molecule has 6 heteroatoms. The summed E-state index contributed by atoms with van der Waals surface area (Å²) in [7, 11) is 1.92. The average Bonchev–Trinajstić information content (AvgIpc) is 3.29. The number of aryl methyl sites for hydroxylation is 1. The normalized spacial score (nSPS) is 13.4. The molecule has 2 aromatic carbocycles. The van der Waals surface area contributed by atoms with Crippen LogP contribution < -0.4 is 14.8 Å². The lowest BCUT2D eigenvalue weighted by atomic mass is 10.1. The number of imidazole rings is 1. The fraction of sp³-hybridized carbons (Fsp3) is 0.200. The number of nitrogens with zero attached hydrogens (tertiary/aromatic N) is 2. The number of ether oxygens (including phenoxy) is 2. The lowest BCUT2D eigenvalue weighted by Crippen LogP contribution is -2.32. The largest absolute Gasteiger partial charge is 0.454 e. The molecule has 0 aliphatic carbocycles. The number of nitrogens with one attached hydrogen (secondary N) is 1. The zero-order chi connectivity index (χ0) is 17.9. The SMILES string of the molecule is Cn1ccnc1[C@@H](NC(=O)Cc1ccc2c(c1)OCO2)c1ccccc1. The molecule has 0 radical (unpaired) electrons. The summed E-state index contributed by atoms with van der Waals surface area (Å²) >= 11 is 0. The van der Waals surface area contributed by atoms with Crippen LogP contribution in [0.1, 0.15) is 23.0 Å². The summed E-state index contributed by atoms with van der Waals surface area (Å²) in [5.74, 6) is 2.10.